The van der Waals surface area contributed by atoms with Gasteiger partial charge >= 0.3 is 6.03 Å². The number of hydrogen-bond acceptors (Lipinski definition) is 3. The molecule has 2 aliphatic rings. The van der Waals surface area contributed by atoms with Gasteiger partial charge in [-0.15, -0.1) is 0 Å². The van der Waals surface area contributed by atoms with Crippen molar-refractivity contribution in [3.8, 4) is 0 Å². The van der Waals surface area contributed by atoms with Crippen molar-refractivity contribution in [2.45, 2.75) is 46.1 Å². The summed E-state index contributed by atoms with van der Waals surface area (Å²) in [7, 11) is 1.60. The number of urea groups is 1. The van der Waals surface area contributed by atoms with E-state index in [1.807, 2.05) is 4.90 Å². The van der Waals surface area contributed by atoms with Gasteiger partial charge in [-0.25, -0.2) is 4.79 Å². The number of amides is 3. The Morgan fingerprint density at radius 3 is 2.56 bits per heavy atom. The molecule has 0 radical (unpaired) electrons. The molecule has 3 rings (SSSR count). The van der Waals surface area contributed by atoms with Crippen molar-refractivity contribution < 1.29 is 14.3 Å². The number of benzene rings is 1. The maximum absolute atomic E-state index is 12.8. The highest BCUT2D eigenvalue weighted by molar-refractivity contribution is 5.95. The number of methoxy groups -OCH3 is 1. The maximum Gasteiger partial charge on any atom is 0.322 e. The smallest absolute Gasteiger partial charge is 0.322 e. The van der Waals surface area contributed by atoms with E-state index in [1.54, 1.807) is 31.4 Å². The van der Waals surface area contributed by atoms with Gasteiger partial charge in [0.1, 0.15) is 0 Å². The molecule has 1 saturated heterocycles. The Hall–Kier alpha value is -2.08. The normalized spacial score (nSPS) is 25.9. The number of ether oxygens (including phenoxy) is 1. The van der Waals surface area contributed by atoms with Gasteiger partial charge in [0.15, 0.2) is 0 Å². The molecule has 1 aliphatic heterocycles. The highest BCUT2D eigenvalue weighted by Crippen LogP contribution is 2.52. The summed E-state index contributed by atoms with van der Waals surface area (Å²) in [6, 6.07) is 7.27. The molecule has 6 heteroatoms. The van der Waals surface area contributed by atoms with E-state index in [4.69, 9.17) is 4.74 Å². The minimum atomic E-state index is -0.145. The lowest BCUT2D eigenvalue weighted by Crippen LogP contribution is -2.40. The van der Waals surface area contributed by atoms with Crippen LogP contribution >= 0.6 is 0 Å². The van der Waals surface area contributed by atoms with E-state index in [9.17, 15) is 9.59 Å². The van der Waals surface area contributed by atoms with Crippen molar-refractivity contribution in [2.75, 3.05) is 32.1 Å². The van der Waals surface area contributed by atoms with E-state index in [0.717, 1.165) is 25.8 Å². The van der Waals surface area contributed by atoms with Crippen molar-refractivity contribution in [3.63, 3.8) is 0 Å². The SMILES string of the molecule is COCCNC(=O)c1ccc(NC(=O)N2C[C@]3(C)C[C@H]2CC(C)(C)C3)cc1. The molecule has 1 aromatic carbocycles. The first kappa shape index (κ1) is 19.7. The zero-order valence-electron chi connectivity index (χ0n) is 16.8. The zero-order chi connectivity index (χ0) is 19.7. The third-order valence-electron chi connectivity index (χ3n) is 5.67. The molecule has 2 fully saturated rings. The Balaban J connectivity index is 1.59. The van der Waals surface area contributed by atoms with E-state index in [1.165, 1.54) is 0 Å². The van der Waals surface area contributed by atoms with Gasteiger partial charge in [0.2, 0.25) is 0 Å². The summed E-state index contributed by atoms with van der Waals surface area (Å²) in [4.78, 5) is 26.8. The molecule has 148 valence electrons. The van der Waals surface area contributed by atoms with Gasteiger partial charge in [-0.1, -0.05) is 20.8 Å². The Morgan fingerprint density at radius 2 is 1.89 bits per heavy atom. The molecule has 1 aromatic rings. The van der Waals surface area contributed by atoms with Crippen LogP contribution in [0.4, 0.5) is 10.5 Å². The van der Waals surface area contributed by atoms with Crippen molar-refractivity contribution in [3.05, 3.63) is 29.8 Å². The van der Waals surface area contributed by atoms with Crippen LogP contribution in [0.1, 0.15) is 50.4 Å². The van der Waals surface area contributed by atoms with Crippen molar-refractivity contribution in [1.29, 1.82) is 0 Å². The summed E-state index contributed by atoms with van der Waals surface area (Å²) in [5.41, 5.74) is 1.77. The van der Waals surface area contributed by atoms with Crippen LogP contribution in [0.15, 0.2) is 24.3 Å². The van der Waals surface area contributed by atoms with E-state index in [0.29, 0.717) is 30.4 Å². The lowest BCUT2D eigenvalue weighted by molar-refractivity contribution is 0.0937. The first-order valence-electron chi connectivity index (χ1n) is 9.66. The molecule has 27 heavy (non-hydrogen) atoms. The third-order valence-corrected chi connectivity index (χ3v) is 5.67. The van der Waals surface area contributed by atoms with Crippen LogP contribution in [0.5, 0.6) is 0 Å². The molecule has 1 heterocycles. The predicted octanol–water partition coefficient (Wildman–Crippen LogP) is 3.50. The number of anilines is 1. The number of rotatable bonds is 5. The molecule has 2 atom stereocenters. The molecule has 1 saturated carbocycles. The van der Waals surface area contributed by atoms with Crippen LogP contribution in [0.3, 0.4) is 0 Å². The Kier molecular flexibility index (Phi) is 5.47. The fourth-order valence-corrected chi connectivity index (χ4v) is 4.97. The second-order valence-corrected chi connectivity index (χ2v) is 9.10. The fourth-order valence-electron chi connectivity index (χ4n) is 4.97. The minimum Gasteiger partial charge on any atom is -0.383 e. The number of carbonyl (C=O) groups is 2. The van der Waals surface area contributed by atoms with Gasteiger partial charge in [0.05, 0.1) is 6.61 Å². The largest absolute Gasteiger partial charge is 0.383 e. The molecule has 0 aromatic heterocycles. The van der Waals surface area contributed by atoms with Gasteiger partial charge in [0.25, 0.3) is 5.91 Å². The van der Waals surface area contributed by atoms with Crippen molar-refractivity contribution >= 4 is 17.6 Å². The van der Waals surface area contributed by atoms with Gasteiger partial charge < -0.3 is 20.3 Å². The van der Waals surface area contributed by atoms with E-state index < -0.39 is 0 Å². The lowest BCUT2D eigenvalue weighted by atomic mass is 9.65. The predicted molar refractivity (Wildman–Crippen MR) is 106 cm³/mol. The molecule has 0 spiro atoms. The first-order valence-corrected chi connectivity index (χ1v) is 9.66. The van der Waals surface area contributed by atoms with Crippen LogP contribution < -0.4 is 10.6 Å². The Labute approximate surface area is 161 Å². The second-order valence-electron chi connectivity index (χ2n) is 9.10. The molecule has 6 nitrogen and oxygen atoms in total. The summed E-state index contributed by atoms with van der Waals surface area (Å²) in [5, 5.41) is 5.78. The van der Waals surface area contributed by atoms with Crippen LogP contribution in [0.25, 0.3) is 0 Å². The van der Waals surface area contributed by atoms with E-state index in [-0.39, 0.29) is 22.8 Å². The van der Waals surface area contributed by atoms with E-state index >= 15 is 0 Å². The highest BCUT2D eigenvalue weighted by Gasteiger charge is 2.50. The average molecular weight is 373 g/mol. The summed E-state index contributed by atoms with van der Waals surface area (Å²) in [5.74, 6) is -0.145. The quantitative estimate of drug-likeness (QED) is 0.776. The second kappa shape index (κ2) is 7.50. The lowest BCUT2D eigenvalue weighted by Gasteiger charge is -2.39. The minimum absolute atomic E-state index is 0.0429. The Morgan fingerprint density at radius 1 is 1.19 bits per heavy atom. The van der Waals surface area contributed by atoms with Crippen LogP contribution in [0, 0.1) is 10.8 Å². The van der Waals surface area contributed by atoms with Crippen LogP contribution in [-0.2, 0) is 4.74 Å². The van der Waals surface area contributed by atoms with Crippen LogP contribution in [-0.4, -0.2) is 49.7 Å². The van der Waals surface area contributed by atoms with Gasteiger partial charge in [0, 0.05) is 37.5 Å². The monoisotopic (exact) mass is 373 g/mol. The third kappa shape index (κ3) is 4.61. The number of likely N-dealkylation sites (tertiary alicyclic amines) is 1. The summed E-state index contributed by atoms with van der Waals surface area (Å²) >= 11 is 0. The molecule has 2 bridgehead atoms. The summed E-state index contributed by atoms with van der Waals surface area (Å²) in [6.45, 7) is 8.66. The zero-order valence-corrected chi connectivity index (χ0v) is 16.8. The first-order chi connectivity index (χ1) is 12.7. The molecular weight excluding hydrogens is 342 g/mol. The highest BCUT2D eigenvalue weighted by atomic mass is 16.5. The molecular formula is C21H31N3O3. The standard InChI is InChI=1S/C21H31N3O3/c1-20(2)11-17-12-21(3,13-20)14-24(17)19(26)23-16-7-5-15(6-8-16)18(25)22-9-10-27-4/h5-8,17H,9-14H2,1-4H3,(H,22,25)(H,23,26)/t17-,21-/m1/s1. The van der Waals surface area contributed by atoms with E-state index in [2.05, 4.69) is 31.4 Å². The van der Waals surface area contributed by atoms with Gasteiger partial charge in [-0.2, -0.15) is 0 Å². The summed E-state index contributed by atoms with van der Waals surface area (Å²) in [6.07, 6.45) is 3.30. The maximum atomic E-state index is 12.8. The topological polar surface area (TPSA) is 70.7 Å². The van der Waals surface area contributed by atoms with Crippen molar-refractivity contribution in [2.24, 2.45) is 10.8 Å². The van der Waals surface area contributed by atoms with Gasteiger partial charge in [-0.3, -0.25) is 4.79 Å². The summed E-state index contributed by atoms with van der Waals surface area (Å²) < 4.78 is 4.92. The molecule has 1 aliphatic carbocycles. The van der Waals surface area contributed by atoms with Crippen molar-refractivity contribution in [1.82, 2.24) is 10.2 Å². The molecule has 0 unspecified atom stereocenters. The van der Waals surface area contributed by atoms with Crippen LogP contribution in [0.2, 0.25) is 0 Å². The number of carbonyl (C=O) groups excluding carboxylic acids is 2. The number of hydrogen-bond donors (Lipinski definition) is 2. The fraction of sp³-hybridized carbons (Fsp3) is 0.619. The number of nitrogens with one attached hydrogen (secondary N) is 2. The molecule has 3 amide bonds. The van der Waals surface area contributed by atoms with Gasteiger partial charge in [-0.05, 0) is 54.4 Å². The average Bonchev–Trinajstić information content (AvgIpc) is 2.84. The number of nitrogens with zero attached hydrogens (tertiary/aromatic N) is 1. The molecule has 2 N–H and O–H groups in total. The Bertz CT molecular complexity index is 701. The number of fused-ring (bicyclic) bond motifs is 2.